The Labute approximate surface area is 106 Å². The Morgan fingerprint density at radius 3 is 1.80 bits per heavy atom. The van der Waals surface area contributed by atoms with Gasteiger partial charge in [0.1, 0.15) is 0 Å². The van der Waals surface area contributed by atoms with E-state index in [0.717, 1.165) is 11.8 Å². The van der Waals surface area contributed by atoms with Crippen molar-refractivity contribution in [1.29, 1.82) is 0 Å². The van der Waals surface area contributed by atoms with Crippen LogP contribution in [0.2, 0.25) is 0 Å². The molecule has 3 atom stereocenters. The molecule has 15 heavy (non-hydrogen) atoms. The van der Waals surface area contributed by atoms with Crippen molar-refractivity contribution in [2.75, 3.05) is 11.8 Å². The van der Waals surface area contributed by atoms with Crippen LogP contribution in [0.4, 0.5) is 0 Å². The Bertz CT molecular complexity index is 145. The molecule has 2 heteroatoms. The van der Waals surface area contributed by atoms with E-state index < -0.39 is 0 Å². The highest BCUT2D eigenvalue weighted by molar-refractivity contribution is 6.18. The number of hydrogen-bond acceptors (Lipinski definition) is 0. The van der Waals surface area contributed by atoms with Crippen molar-refractivity contribution in [3.8, 4) is 0 Å². The van der Waals surface area contributed by atoms with Crippen molar-refractivity contribution >= 4 is 23.2 Å². The van der Waals surface area contributed by atoms with Crippen LogP contribution >= 0.6 is 23.2 Å². The topological polar surface area (TPSA) is 0 Å². The molecule has 0 aliphatic rings. The average molecular weight is 253 g/mol. The Hall–Kier alpha value is 0.580. The quantitative estimate of drug-likeness (QED) is 0.523. The molecule has 0 aliphatic carbocycles. The molecule has 0 aromatic heterocycles. The standard InChI is InChI=1S/C13H26Cl2/c1-5-6-12(8-14)11(4)7-13(9-15)10(2)3/h10-13H,5-9H2,1-4H3. The van der Waals surface area contributed by atoms with E-state index >= 15 is 0 Å². The SMILES string of the molecule is CCCC(CCl)C(C)CC(CCl)C(C)C. The van der Waals surface area contributed by atoms with Crippen LogP contribution in [0.5, 0.6) is 0 Å². The van der Waals surface area contributed by atoms with E-state index in [1.165, 1.54) is 19.3 Å². The Morgan fingerprint density at radius 2 is 1.47 bits per heavy atom. The molecule has 0 rings (SSSR count). The summed E-state index contributed by atoms with van der Waals surface area (Å²) in [7, 11) is 0. The van der Waals surface area contributed by atoms with Crippen molar-refractivity contribution in [2.45, 2.75) is 47.0 Å². The van der Waals surface area contributed by atoms with Crippen molar-refractivity contribution < 1.29 is 0 Å². The van der Waals surface area contributed by atoms with Gasteiger partial charge in [-0.3, -0.25) is 0 Å². The molecular weight excluding hydrogens is 227 g/mol. The molecular formula is C13H26Cl2. The second-order valence-electron chi connectivity index (χ2n) is 5.07. The number of alkyl halides is 2. The van der Waals surface area contributed by atoms with E-state index in [2.05, 4.69) is 27.7 Å². The van der Waals surface area contributed by atoms with Crippen LogP contribution in [0.15, 0.2) is 0 Å². The maximum absolute atomic E-state index is 6.01. The zero-order valence-corrected chi connectivity index (χ0v) is 12.1. The van der Waals surface area contributed by atoms with E-state index in [1.54, 1.807) is 0 Å². The Balaban J connectivity index is 4.11. The second-order valence-corrected chi connectivity index (χ2v) is 5.69. The van der Waals surface area contributed by atoms with Gasteiger partial charge in [0.25, 0.3) is 0 Å². The third-order valence-electron chi connectivity index (χ3n) is 3.48. The second kappa shape index (κ2) is 8.70. The maximum atomic E-state index is 6.01. The van der Waals surface area contributed by atoms with Crippen LogP contribution in [-0.4, -0.2) is 11.8 Å². The lowest BCUT2D eigenvalue weighted by molar-refractivity contribution is 0.266. The van der Waals surface area contributed by atoms with E-state index in [1.807, 2.05) is 0 Å². The smallest absolute Gasteiger partial charge is 0.0254 e. The molecule has 0 N–H and O–H groups in total. The van der Waals surface area contributed by atoms with Gasteiger partial charge in [-0.05, 0) is 36.5 Å². The molecule has 0 saturated carbocycles. The molecule has 0 radical (unpaired) electrons. The van der Waals surface area contributed by atoms with E-state index in [-0.39, 0.29) is 0 Å². The third-order valence-corrected chi connectivity index (χ3v) is 4.27. The summed E-state index contributed by atoms with van der Waals surface area (Å²) in [5.41, 5.74) is 0. The summed E-state index contributed by atoms with van der Waals surface area (Å²) in [5, 5.41) is 0. The third kappa shape index (κ3) is 6.02. The lowest BCUT2D eigenvalue weighted by Crippen LogP contribution is -2.21. The Morgan fingerprint density at radius 1 is 0.933 bits per heavy atom. The van der Waals surface area contributed by atoms with Gasteiger partial charge in [0.15, 0.2) is 0 Å². The molecule has 0 aromatic carbocycles. The number of rotatable bonds is 8. The molecule has 0 heterocycles. The summed E-state index contributed by atoms with van der Waals surface area (Å²) in [4.78, 5) is 0. The van der Waals surface area contributed by atoms with Gasteiger partial charge in [-0.1, -0.05) is 34.1 Å². The summed E-state index contributed by atoms with van der Waals surface area (Å²) >= 11 is 12.0. The van der Waals surface area contributed by atoms with E-state index in [4.69, 9.17) is 23.2 Å². The number of halogens is 2. The van der Waals surface area contributed by atoms with Crippen molar-refractivity contribution in [1.82, 2.24) is 0 Å². The Kier molecular flexibility index (Phi) is 9.04. The minimum Gasteiger partial charge on any atom is -0.126 e. The zero-order chi connectivity index (χ0) is 11.8. The van der Waals surface area contributed by atoms with Gasteiger partial charge in [-0.15, -0.1) is 23.2 Å². The summed E-state index contributed by atoms with van der Waals surface area (Å²) in [6.45, 7) is 9.07. The molecule has 0 fully saturated rings. The van der Waals surface area contributed by atoms with E-state index in [0.29, 0.717) is 23.7 Å². The van der Waals surface area contributed by atoms with Crippen molar-refractivity contribution in [3.05, 3.63) is 0 Å². The molecule has 0 spiro atoms. The summed E-state index contributed by atoms with van der Waals surface area (Å²) in [5.74, 6) is 4.27. The lowest BCUT2D eigenvalue weighted by Gasteiger charge is -2.27. The minimum atomic E-state index is 0.643. The van der Waals surface area contributed by atoms with Crippen LogP contribution in [0, 0.1) is 23.7 Å². The first-order chi connectivity index (χ1) is 7.06. The van der Waals surface area contributed by atoms with Gasteiger partial charge < -0.3 is 0 Å². The lowest BCUT2D eigenvalue weighted by atomic mass is 9.81. The van der Waals surface area contributed by atoms with Gasteiger partial charge in [-0.2, -0.15) is 0 Å². The van der Waals surface area contributed by atoms with Crippen molar-refractivity contribution in [2.24, 2.45) is 23.7 Å². The van der Waals surface area contributed by atoms with Gasteiger partial charge in [0, 0.05) is 11.8 Å². The molecule has 92 valence electrons. The molecule has 0 amide bonds. The fourth-order valence-electron chi connectivity index (χ4n) is 2.07. The van der Waals surface area contributed by atoms with Crippen LogP contribution in [0.1, 0.15) is 47.0 Å². The number of hydrogen-bond donors (Lipinski definition) is 0. The average Bonchev–Trinajstić information content (AvgIpc) is 2.21. The van der Waals surface area contributed by atoms with Gasteiger partial charge >= 0.3 is 0 Å². The van der Waals surface area contributed by atoms with Crippen LogP contribution in [0.25, 0.3) is 0 Å². The summed E-state index contributed by atoms with van der Waals surface area (Å²) in [6.07, 6.45) is 3.70. The maximum Gasteiger partial charge on any atom is 0.0254 e. The minimum absolute atomic E-state index is 0.643. The first kappa shape index (κ1) is 15.6. The molecule has 0 saturated heterocycles. The molecule has 0 nitrogen and oxygen atoms in total. The zero-order valence-electron chi connectivity index (χ0n) is 10.6. The van der Waals surface area contributed by atoms with E-state index in [9.17, 15) is 0 Å². The highest BCUT2D eigenvalue weighted by Crippen LogP contribution is 2.29. The van der Waals surface area contributed by atoms with Crippen LogP contribution < -0.4 is 0 Å². The first-order valence-corrected chi connectivity index (χ1v) is 7.25. The van der Waals surface area contributed by atoms with Gasteiger partial charge in [0.2, 0.25) is 0 Å². The summed E-state index contributed by atoms with van der Waals surface area (Å²) < 4.78 is 0. The monoisotopic (exact) mass is 252 g/mol. The highest BCUT2D eigenvalue weighted by Gasteiger charge is 2.21. The fourth-order valence-corrected chi connectivity index (χ4v) is 3.01. The molecule has 0 aromatic rings. The van der Waals surface area contributed by atoms with Crippen LogP contribution in [0.3, 0.4) is 0 Å². The van der Waals surface area contributed by atoms with Gasteiger partial charge in [-0.25, -0.2) is 0 Å². The van der Waals surface area contributed by atoms with Crippen molar-refractivity contribution in [3.63, 3.8) is 0 Å². The molecule has 0 aliphatic heterocycles. The largest absolute Gasteiger partial charge is 0.126 e. The molecule has 3 unspecified atom stereocenters. The predicted octanol–water partition coefficient (Wildman–Crippen LogP) is 5.18. The van der Waals surface area contributed by atoms with Crippen LogP contribution in [-0.2, 0) is 0 Å². The first-order valence-electron chi connectivity index (χ1n) is 6.18. The summed E-state index contributed by atoms with van der Waals surface area (Å²) in [6, 6.07) is 0. The fraction of sp³-hybridized carbons (Fsp3) is 1.00. The predicted molar refractivity (Wildman–Crippen MR) is 71.9 cm³/mol. The van der Waals surface area contributed by atoms with Gasteiger partial charge in [0.05, 0.1) is 0 Å². The molecule has 0 bridgehead atoms. The normalized spacial score (nSPS) is 17.8. The highest BCUT2D eigenvalue weighted by atomic mass is 35.5.